The fourth-order valence-corrected chi connectivity index (χ4v) is 2.87. The molecule has 1 aromatic carbocycles. The zero-order valence-corrected chi connectivity index (χ0v) is 12.1. The van der Waals surface area contributed by atoms with E-state index in [1.807, 2.05) is 17.8 Å². The second-order valence-electron chi connectivity index (χ2n) is 5.42. The summed E-state index contributed by atoms with van der Waals surface area (Å²) in [5.74, 6) is 0. The highest BCUT2D eigenvalue weighted by atomic mass is 16.5. The van der Waals surface area contributed by atoms with E-state index >= 15 is 0 Å². The molecule has 1 saturated heterocycles. The molecular weight excluding hydrogens is 250 g/mol. The third-order valence-electron chi connectivity index (χ3n) is 3.91. The van der Waals surface area contributed by atoms with E-state index in [0.717, 1.165) is 31.7 Å². The van der Waals surface area contributed by atoms with Crippen molar-refractivity contribution in [2.24, 2.45) is 7.05 Å². The predicted octanol–water partition coefficient (Wildman–Crippen LogP) is 2.31. The second-order valence-corrected chi connectivity index (χ2v) is 5.42. The number of rotatable bonds is 4. The average molecular weight is 271 g/mol. The lowest BCUT2D eigenvalue weighted by atomic mass is 10.1. The van der Waals surface area contributed by atoms with Crippen LogP contribution in [-0.2, 0) is 18.3 Å². The molecule has 0 aliphatic carbocycles. The lowest BCUT2D eigenvalue weighted by Crippen LogP contribution is -2.22. The minimum atomic E-state index is 0.381. The maximum Gasteiger partial charge on any atom is 0.0968 e. The van der Waals surface area contributed by atoms with E-state index in [0.29, 0.717) is 6.10 Å². The Balaban J connectivity index is 1.80. The Morgan fingerprint density at radius 2 is 2.10 bits per heavy atom. The number of aromatic nitrogens is 2. The molecule has 1 fully saturated rings. The standard InChI is InChI=1S/C16H21N3O/c1-18-10-14(11-19-9-8-15(12-19)20-2)16(17-18)13-6-4-3-5-7-13/h3-7,10,15H,8-9,11-12H2,1-2H3/t15-/m0/s1. The molecule has 0 bridgehead atoms. The molecule has 0 radical (unpaired) electrons. The molecule has 0 unspecified atom stereocenters. The fourth-order valence-electron chi connectivity index (χ4n) is 2.87. The van der Waals surface area contributed by atoms with Crippen molar-refractivity contribution in [1.29, 1.82) is 0 Å². The SMILES string of the molecule is CO[C@H]1CCN(Cc2cn(C)nc2-c2ccccc2)C1. The first-order chi connectivity index (χ1) is 9.76. The molecule has 1 aromatic heterocycles. The molecule has 2 heterocycles. The van der Waals surface area contributed by atoms with Crippen molar-refractivity contribution < 1.29 is 4.74 Å². The quantitative estimate of drug-likeness (QED) is 0.855. The maximum absolute atomic E-state index is 5.44. The summed E-state index contributed by atoms with van der Waals surface area (Å²) in [5.41, 5.74) is 3.56. The zero-order chi connectivity index (χ0) is 13.9. The van der Waals surface area contributed by atoms with Crippen LogP contribution in [0.5, 0.6) is 0 Å². The summed E-state index contributed by atoms with van der Waals surface area (Å²) < 4.78 is 7.34. The number of hydrogen-bond donors (Lipinski definition) is 0. The van der Waals surface area contributed by atoms with Gasteiger partial charge in [0.15, 0.2) is 0 Å². The van der Waals surface area contributed by atoms with Gasteiger partial charge in [-0.1, -0.05) is 30.3 Å². The van der Waals surface area contributed by atoms with Crippen molar-refractivity contribution in [3.05, 3.63) is 42.1 Å². The largest absolute Gasteiger partial charge is 0.380 e. The van der Waals surface area contributed by atoms with Gasteiger partial charge in [-0.3, -0.25) is 9.58 Å². The van der Waals surface area contributed by atoms with Crippen LogP contribution in [-0.4, -0.2) is 41.0 Å². The Kier molecular flexibility index (Phi) is 3.85. The van der Waals surface area contributed by atoms with Crippen molar-refractivity contribution in [2.75, 3.05) is 20.2 Å². The maximum atomic E-state index is 5.44. The zero-order valence-electron chi connectivity index (χ0n) is 12.1. The number of ether oxygens (including phenoxy) is 1. The van der Waals surface area contributed by atoms with Crippen LogP contribution in [0.1, 0.15) is 12.0 Å². The van der Waals surface area contributed by atoms with Crippen LogP contribution in [0.3, 0.4) is 0 Å². The summed E-state index contributed by atoms with van der Waals surface area (Å²) in [6.07, 6.45) is 3.63. The number of nitrogens with zero attached hydrogens (tertiary/aromatic N) is 3. The normalized spacial score (nSPS) is 19.6. The molecule has 4 nitrogen and oxygen atoms in total. The predicted molar refractivity (Wildman–Crippen MR) is 79.3 cm³/mol. The molecule has 3 rings (SSSR count). The molecule has 1 aliphatic heterocycles. The topological polar surface area (TPSA) is 30.3 Å². The minimum absolute atomic E-state index is 0.381. The molecule has 1 atom stereocenters. The summed E-state index contributed by atoms with van der Waals surface area (Å²) in [6, 6.07) is 10.4. The van der Waals surface area contributed by atoms with Gasteiger partial charge in [-0.2, -0.15) is 5.10 Å². The highest BCUT2D eigenvalue weighted by Crippen LogP contribution is 2.24. The van der Waals surface area contributed by atoms with E-state index in [9.17, 15) is 0 Å². The molecule has 0 saturated carbocycles. The van der Waals surface area contributed by atoms with E-state index < -0.39 is 0 Å². The Bertz CT molecular complexity index is 564. The smallest absolute Gasteiger partial charge is 0.0968 e. The Morgan fingerprint density at radius 3 is 2.80 bits per heavy atom. The number of methoxy groups -OCH3 is 1. The molecule has 1 aliphatic rings. The lowest BCUT2D eigenvalue weighted by molar-refractivity contribution is 0.107. The van der Waals surface area contributed by atoms with E-state index in [1.165, 1.54) is 11.1 Å². The van der Waals surface area contributed by atoms with Gasteiger partial charge in [0.25, 0.3) is 0 Å². The van der Waals surface area contributed by atoms with E-state index in [1.54, 1.807) is 7.11 Å². The first-order valence-corrected chi connectivity index (χ1v) is 7.09. The van der Waals surface area contributed by atoms with Gasteiger partial charge in [0.2, 0.25) is 0 Å². The van der Waals surface area contributed by atoms with Gasteiger partial charge >= 0.3 is 0 Å². The van der Waals surface area contributed by atoms with Crippen LogP contribution in [0.4, 0.5) is 0 Å². The molecule has 106 valence electrons. The summed E-state index contributed by atoms with van der Waals surface area (Å²) in [4.78, 5) is 2.44. The summed E-state index contributed by atoms with van der Waals surface area (Å²) >= 11 is 0. The lowest BCUT2D eigenvalue weighted by Gasteiger charge is -2.15. The van der Waals surface area contributed by atoms with Gasteiger partial charge in [-0.15, -0.1) is 0 Å². The number of likely N-dealkylation sites (tertiary alicyclic amines) is 1. The van der Waals surface area contributed by atoms with Crippen molar-refractivity contribution >= 4 is 0 Å². The van der Waals surface area contributed by atoms with Crippen LogP contribution in [0.2, 0.25) is 0 Å². The van der Waals surface area contributed by atoms with Crippen LogP contribution < -0.4 is 0 Å². The summed E-state index contributed by atoms with van der Waals surface area (Å²) in [5, 5.41) is 4.62. The van der Waals surface area contributed by atoms with Gasteiger partial charge in [0.05, 0.1) is 11.8 Å². The molecule has 2 aromatic rings. The number of benzene rings is 1. The second kappa shape index (κ2) is 5.77. The monoisotopic (exact) mass is 271 g/mol. The molecule has 0 N–H and O–H groups in total. The number of hydrogen-bond acceptors (Lipinski definition) is 3. The van der Waals surface area contributed by atoms with Crippen molar-refractivity contribution in [2.45, 2.75) is 19.1 Å². The van der Waals surface area contributed by atoms with Gasteiger partial charge < -0.3 is 4.74 Å². The van der Waals surface area contributed by atoms with Gasteiger partial charge in [-0.25, -0.2) is 0 Å². The first kappa shape index (κ1) is 13.3. The molecule has 4 heteroatoms. The minimum Gasteiger partial charge on any atom is -0.380 e. The number of aryl methyl sites for hydroxylation is 1. The van der Waals surface area contributed by atoms with Gasteiger partial charge in [0.1, 0.15) is 0 Å². The third kappa shape index (κ3) is 2.76. The third-order valence-corrected chi connectivity index (χ3v) is 3.91. The van der Waals surface area contributed by atoms with Crippen LogP contribution in [0, 0.1) is 0 Å². The Labute approximate surface area is 120 Å². The van der Waals surface area contributed by atoms with Crippen LogP contribution in [0.25, 0.3) is 11.3 Å². The van der Waals surface area contributed by atoms with Gasteiger partial charge in [-0.05, 0) is 6.42 Å². The Hall–Kier alpha value is -1.65. The molecule has 0 amide bonds. The Morgan fingerprint density at radius 1 is 1.30 bits per heavy atom. The van der Waals surface area contributed by atoms with E-state index in [2.05, 4.69) is 40.5 Å². The van der Waals surface area contributed by atoms with Crippen molar-refractivity contribution in [1.82, 2.24) is 14.7 Å². The molecule has 20 heavy (non-hydrogen) atoms. The van der Waals surface area contributed by atoms with Gasteiger partial charge in [0, 0.05) is 51.1 Å². The molecular formula is C16H21N3O. The highest BCUT2D eigenvalue weighted by molar-refractivity contribution is 5.62. The van der Waals surface area contributed by atoms with Crippen LogP contribution >= 0.6 is 0 Å². The van der Waals surface area contributed by atoms with Crippen molar-refractivity contribution in [3.63, 3.8) is 0 Å². The van der Waals surface area contributed by atoms with Crippen molar-refractivity contribution in [3.8, 4) is 11.3 Å². The average Bonchev–Trinajstić information content (AvgIpc) is 3.07. The summed E-state index contributed by atoms with van der Waals surface area (Å²) in [6.45, 7) is 3.05. The fraction of sp³-hybridized carbons (Fsp3) is 0.438. The summed E-state index contributed by atoms with van der Waals surface area (Å²) in [7, 11) is 3.78. The highest BCUT2D eigenvalue weighted by Gasteiger charge is 2.23. The van der Waals surface area contributed by atoms with Crippen LogP contribution in [0.15, 0.2) is 36.5 Å². The van der Waals surface area contributed by atoms with E-state index in [4.69, 9.17) is 4.74 Å². The first-order valence-electron chi connectivity index (χ1n) is 7.09. The van der Waals surface area contributed by atoms with E-state index in [-0.39, 0.29) is 0 Å². The molecule has 0 spiro atoms.